The number of nitrogens with zero attached hydrogens (tertiary/aromatic N) is 2. The predicted octanol–water partition coefficient (Wildman–Crippen LogP) is 3.81. The average Bonchev–Trinajstić information content (AvgIpc) is 3.26. The molecule has 0 unspecified atom stereocenters. The number of ether oxygens (including phenoxy) is 1. The first kappa shape index (κ1) is 23.1. The van der Waals surface area contributed by atoms with Crippen LogP contribution in [0.4, 0.5) is 9.52 Å². The number of nitrogens with one attached hydrogen (secondary N) is 2. The molecule has 3 heterocycles. The number of carbonyl (C=O) groups is 2. The lowest BCUT2D eigenvalue weighted by Gasteiger charge is -2.35. The van der Waals surface area contributed by atoms with Crippen LogP contribution in [0.1, 0.15) is 46.5 Å². The smallest absolute Gasteiger partial charge is 0.271 e. The molecule has 2 N–H and O–H groups in total. The molecule has 2 aliphatic rings. The number of hydrogen-bond donors (Lipinski definition) is 2. The van der Waals surface area contributed by atoms with Crippen molar-refractivity contribution in [2.45, 2.75) is 31.7 Å². The van der Waals surface area contributed by atoms with Gasteiger partial charge in [0.25, 0.3) is 11.8 Å². The Hall–Kier alpha value is -2.07. The second-order valence-electron chi connectivity index (χ2n) is 8.23. The van der Waals surface area contributed by atoms with Gasteiger partial charge in [-0.1, -0.05) is 11.6 Å². The number of likely N-dealkylation sites (tertiary alicyclic amines) is 1. The highest BCUT2D eigenvalue weighted by Gasteiger charge is 2.25. The van der Waals surface area contributed by atoms with Crippen LogP contribution >= 0.6 is 22.9 Å². The van der Waals surface area contributed by atoms with Crippen molar-refractivity contribution < 1.29 is 18.7 Å². The number of aromatic nitrogens is 1. The molecule has 0 spiro atoms. The standard InChI is InChI=1S/C22H26ClFN4O3S/c23-17-11-15(1-2-18(17)24)20(29)27-22-26-19(13-32-22)21(30)25-16-3-7-28(8-4-16)12-14-5-9-31-10-6-14/h1-2,11,13-14,16H,3-10,12H2,(H,25,30)(H,26,27,29). The van der Waals surface area contributed by atoms with Crippen LogP contribution in [0.5, 0.6) is 0 Å². The number of benzene rings is 1. The van der Waals surface area contributed by atoms with Crippen LogP contribution in [0.3, 0.4) is 0 Å². The molecule has 0 atom stereocenters. The molecule has 2 saturated heterocycles. The Morgan fingerprint density at radius 3 is 2.66 bits per heavy atom. The minimum absolute atomic E-state index is 0.120. The van der Waals surface area contributed by atoms with Crippen molar-refractivity contribution in [1.29, 1.82) is 0 Å². The van der Waals surface area contributed by atoms with Gasteiger partial charge in [-0.3, -0.25) is 14.9 Å². The summed E-state index contributed by atoms with van der Waals surface area (Å²) in [5.74, 6) is -0.588. The summed E-state index contributed by atoms with van der Waals surface area (Å²) >= 11 is 6.89. The van der Waals surface area contributed by atoms with Crippen molar-refractivity contribution >= 4 is 39.9 Å². The number of carbonyl (C=O) groups excluding carboxylic acids is 2. The van der Waals surface area contributed by atoms with Crippen LogP contribution in [-0.2, 0) is 4.74 Å². The fourth-order valence-electron chi connectivity index (χ4n) is 4.06. The third kappa shape index (κ3) is 6.04. The van der Waals surface area contributed by atoms with Gasteiger partial charge in [0.05, 0.1) is 5.02 Å². The van der Waals surface area contributed by atoms with E-state index in [4.69, 9.17) is 16.3 Å². The maximum atomic E-state index is 13.3. The summed E-state index contributed by atoms with van der Waals surface area (Å²) in [6, 6.07) is 3.84. The first-order valence-corrected chi connectivity index (χ1v) is 12.1. The Bertz CT molecular complexity index is 958. The molecular weight excluding hydrogens is 455 g/mol. The van der Waals surface area contributed by atoms with E-state index in [-0.39, 0.29) is 28.2 Å². The van der Waals surface area contributed by atoms with Gasteiger partial charge in [-0.15, -0.1) is 11.3 Å². The van der Waals surface area contributed by atoms with Crippen LogP contribution in [0.25, 0.3) is 0 Å². The van der Waals surface area contributed by atoms with Gasteiger partial charge in [-0.2, -0.15) is 0 Å². The second kappa shape index (κ2) is 10.7. The molecule has 2 amide bonds. The minimum atomic E-state index is -0.592. The number of anilines is 1. The molecular formula is C22H26ClFN4O3S. The third-order valence-corrected chi connectivity index (χ3v) is 6.97. The summed E-state index contributed by atoms with van der Waals surface area (Å²) < 4.78 is 18.7. The van der Waals surface area contributed by atoms with Crippen molar-refractivity contribution in [3.05, 3.63) is 45.7 Å². The summed E-state index contributed by atoms with van der Waals surface area (Å²) in [4.78, 5) is 31.6. The van der Waals surface area contributed by atoms with Crippen LogP contribution in [0.15, 0.2) is 23.6 Å². The van der Waals surface area contributed by atoms with E-state index in [0.717, 1.165) is 75.9 Å². The van der Waals surface area contributed by atoms with Crippen LogP contribution < -0.4 is 10.6 Å². The Labute approximate surface area is 195 Å². The Kier molecular flexibility index (Phi) is 7.72. The van der Waals surface area contributed by atoms with Gasteiger partial charge >= 0.3 is 0 Å². The number of rotatable bonds is 6. The number of halogens is 2. The molecule has 0 bridgehead atoms. The first-order valence-electron chi connectivity index (χ1n) is 10.8. The molecule has 7 nitrogen and oxygen atoms in total. The quantitative estimate of drug-likeness (QED) is 0.657. The van der Waals surface area contributed by atoms with Gasteiger partial charge in [0.2, 0.25) is 0 Å². The zero-order valence-electron chi connectivity index (χ0n) is 17.6. The molecule has 10 heteroatoms. The molecule has 4 rings (SSSR count). The molecule has 32 heavy (non-hydrogen) atoms. The van der Waals surface area contributed by atoms with Crippen molar-refractivity contribution in [1.82, 2.24) is 15.2 Å². The van der Waals surface area contributed by atoms with Gasteiger partial charge in [-0.25, -0.2) is 9.37 Å². The molecule has 1 aromatic carbocycles. The topological polar surface area (TPSA) is 83.6 Å². The molecule has 0 aliphatic carbocycles. The molecule has 0 radical (unpaired) electrons. The summed E-state index contributed by atoms with van der Waals surface area (Å²) in [6.45, 7) is 4.79. The first-order chi connectivity index (χ1) is 15.5. The summed E-state index contributed by atoms with van der Waals surface area (Å²) in [5, 5.41) is 7.46. The second-order valence-corrected chi connectivity index (χ2v) is 9.49. The normalized spacial score (nSPS) is 18.4. The van der Waals surface area contributed by atoms with Crippen molar-refractivity contribution in [3.8, 4) is 0 Å². The Morgan fingerprint density at radius 1 is 1.19 bits per heavy atom. The lowest BCUT2D eigenvalue weighted by atomic mass is 9.97. The van der Waals surface area contributed by atoms with Gasteiger partial charge in [0.1, 0.15) is 11.5 Å². The number of thiazole rings is 1. The van der Waals surface area contributed by atoms with Gasteiger partial charge in [-0.05, 0) is 49.8 Å². The monoisotopic (exact) mass is 480 g/mol. The fourth-order valence-corrected chi connectivity index (χ4v) is 4.92. The average molecular weight is 481 g/mol. The Morgan fingerprint density at radius 2 is 1.94 bits per heavy atom. The maximum absolute atomic E-state index is 13.3. The summed E-state index contributed by atoms with van der Waals surface area (Å²) in [5.41, 5.74) is 0.484. The largest absolute Gasteiger partial charge is 0.381 e. The van der Waals surface area contributed by atoms with Gasteiger partial charge in [0, 0.05) is 49.8 Å². The SMILES string of the molecule is O=C(Nc1nc(C(=O)NC2CCN(CC3CCOCC3)CC2)cs1)c1ccc(F)c(Cl)c1. The van der Waals surface area contributed by atoms with E-state index >= 15 is 0 Å². The lowest BCUT2D eigenvalue weighted by Crippen LogP contribution is -2.46. The van der Waals surface area contributed by atoms with Crippen molar-refractivity contribution in [2.75, 3.05) is 38.2 Å². The van der Waals surface area contributed by atoms with Crippen LogP contribution in [0, 0.1) is 11.7 Å². The van der Waals surface area contributed by atoms with E-state index in [1.165, 1.54) is 12.1 Å². The lowest BCUT2D eigenvalue weighted by molar-refractivity contribution is 0.0477. The molecule has 2 fully saturated rings. The molecule has 2 aromatic rings. The minimum Gasteiger partial charge on any atom is -0.381 e. The zero-order chi connectivity index (χ0) is 22.5. The van der Waals surface area contributed by atoms with E-state index in [0.29, 0.717) is 11.0 Å². The number of piperidine rings is 1. The molecule has 172 valence electrons. The highest BCUT2D eigenvalue weighted by molar-refractivity contribution is 7.14. The fraction of sp³-hybridized carbons (Fsp3) is 0.500. The van der Waals surface area contributed by atoms with E-state index in [1.807, 2.05) is 0 Å². The molecule has 2 aliphatic heterocycles. The van der Waals surface area contributed by atoms with E-state index in [2.05, 4.69) is 20.5 Å². The summed E-state index contributed by atoms with van der Waals surface area (Å²) in [6.07, 6.45) is 4.09. The third-order valence-electron chi connectivity index (χ3n) is 5.92. The van der Waals surface area contributed by atoms with Crippen molar-refractivity contribution in [2.24, 2.45) is 5.92 Å². The highest BCUT2D eigenvalue weighted by atomic mass is 35.5. The number of amides is 2. The zero-order valence-corrected chi connectivity index (χ0v) is 19.2. The number of hydrogen-bond acceptors (Lipinski definition) is 6. The van der Waals surface area contributed by atoms with E-state index in [9.17, 15) is 14.0 Å². The predicted molar refractivity (Wildman–Crippen MR) is 122 cm³/mol. The van der Waals surface area contributed by atoms with Gasteiger partial charge < -0.3 is 15.0 Å². The molecule has 0 saturated carbocycles. The Balaban J connectivity index is 1.24. The van der Waals surface area contributed by atoms with Crippen LogP contribution in [-0.4, -0.2) is 60.6 Å². The van der Waals surface area contributed by atoms with Crippen molar-refractivity contribution in [3.63, 3.8) is 0 Å². The summed E-state index contributed by atoms with van der Waals surface area (Å²) in [7, 11) is 0. The maximum Gasteiger partial charge on any atom is 0.271 e. The van der Waals surface area contributed by atoms with Crippen LogP contribution in [0.2, 0.25) is 5.02 Å². The molecule has 1 aromatic heterocycles. The van der Waals surface area contributed by atoms with Gasteiger partial charge in [0.15, 0.2) is 5.13 Å². The van der Waals surface area contributed by atoms with E-state index in [1.54, 1.807) is 5.38 Å². The highest BCUT2D eigenvalue weighted by Crippen LogP contribution is 2.21. The van der Waals surface area contributed by atoms with E-state index < -0.39 is 11.7 Å².